The SMILES string of the molecule is COc1nc(OC2CCc3c(-c4cccc5c4CC[C@@H]5Oc4ccc(CNCCCC(=O)O)c(OC)n4)cccc32)ccc1CNCCO. The molecular formula is C38H44N4O7. The zero-order chi connectivity index (χ0) is 34.2. The summed E-state index contributed by atoms with van der Waals surface area (Å²) in [6.45, 7) is 2.24. The van der Waals surface area contributed by atoms with Crippen LogP contribution in [0, 0.1) is 0 Å². The van der Waals surface area contributed by atoms with Gasteiger partial charge in [0.1, 0.15) is 12.2 Å². The van der Waals surface area contributed by atoms with Crippen molar-refractivity contribution in [2.45, 2.75) is 63.8 Å². The second-order valence-electron chi connectivity index (χ2n) is 12.2. The summed E-state index contributed by atoms with van der Waals surface area (Å²) in [5.74, 6) is 1.24. The average molecular weight is 669 g/mol. The Hall–Kier alpha value is -4.71. The summed E-state index contributed by atoms with van der Waals surface area (Å²) in [4.78, 5) is 20.0. The van der Waals surface area contributed by atoms with Crippen LogP contribution in [0.4, 0.5) is 0 Å². The minimum absolute atomic E-state index is 0.0711. The number of carboxylic acids is 1. The van der Waals surface area contributed by atoms with E-state index in [9.17, 15) is 4.79 Å². The van der Waals surface area contributed by atoms with Crippen LogP contribution in [0.3, 0.4) is 0 Å². The Morgan fingerprint density at radius 3 is 1.73 bits per heavy atom. The van der Waals surface area contributed by atoms with Gasteiger partial charge in [-0.15, -0.1) is 0 Å². The number of aromatic nitrogens is 2. The lowest BCUT2D eigenvalue weighted by Crippen LogP contribution is -2.18. The van der Waals surface area contributed by atoms with Crippen molar-refractivity contribution in [3.63, 3.8) is 0 Å². The number of aliphatic hydroxyl groups is 1. The fraction of sp³-hybridized carbons (Fsp3) is 0.395. The Morgan fingerprint density at radius 2 is 1.27 bits per heavy atom. The lowest BCUT2D eigenvalue weighted by atomic mass is 9.91. The molecule has 2 aromatic heterocycles. The van der Waals surface area contributed by atoms with Gasteiger partial charge in [-0.05, 0) is 84.2 Å². The average Bonchev–Trinajstić information content (AvgIpc) is 3.73. The van der Waals surface area contributed by atoms with Crippen LogP contribution in [0.5, 0.6) is 23.5 Å². The van der Waals surface area contributed by atoms with Crippen molar-refractivity contribution < 1.29 is 34.0 Å². The van der Waals surface area contributed by atoms with Gasteiger partial charge in [-0.2, -0.15) is 9.97 Å². The van der Waals surface area contributed by atoms with Gasteiger partial charge < -0.3 is 39.8 Å². The van der Waals surface area contributed by atoms with Crippen LogP contribution >= 0.6 is 0 Å². The molecule has 4 aromatic rings. The van der Waals surface area contributed by atoms with E-state index in [-0.39, 0.29) is 25.2 Å². The van der Waals surface area contributed by atoms with E-state index < -0.39 is 5.97 Å². The van der Waals surface area contributed by atoms with E-state index in [1.807, 2.05) is 24.3 Å². The molecule has 4 N–H and O–H groups in total. The summed E-state index contributed by atoms with van der Waals surface area (Å²) in [6.07, 6.45) is 3.98. The Labute approximate surface area is 286 Å². The molecule has 0 bridgehead atoms. The second kappa shape index (κ2) is 16.1. The molecule has 11 nitrogen and oxygen atoms in total. The second-order valence-corrected chi connectivity index (χ2v) is 12.2. The number of nitrogens with one attached hydrogen (secondary N) is 2. The number of rotatable bonds is 17. The molecular weight excluding hydrogens is 624 g/mol. The standard InChI is InChI=1S/C38H44N4O7/c1-46-37-24(22-39-19-5-10-36(44)45)11-17-34(41-37)48-32-15-13-28-26(6-3-8-30(28)32)27-7-4-9-31-29(27)14-16-33(31)49-35-18-12-25(23-40-20-21-43)38(42-35)47-2/h3-4,6-9,11-12,17-18,32-33,39-40,43H,5,10,13-16,19-23H2,1-2H3,(H,44,45)/t32-,33?/m0/s1. The first-order chi connectivity index (χ1) is 24.0. The van der Waals surface area contributed by atoms with Gasteiger partial charge in [-0.1, -0.05) is 36.4 Å². The molecule has 0 fully saturated rings. The smallest absolute Gasteiger partial charge is 0.303 e. The molecule has 2 atom stereocenters. The zero-order valence-electron chi connectivity index (χ0n) is 28.0. The van der Waals surface area contributed by atoms with Crippen molar-refractivity contribution >= 4 is 5.97 Å². The maximum absolute atomic E-state index is 10.8. The summed E-state index contributed by atoms with van der Waals surface area (Å²) in [5.41, 5.74) is 9.23. The molecule has 258 valence electrons. The van der Waals surface area contributed by atoms with E-state index >= 15 is 0 Å². The van der Waals surface area contributed by atoms with Crippen LogP contribution in [0.15, 0.2) is 60.7 Å². The van der Waals surface area contributed by atoms with Crippen molar-refractivity contribution in [2.75, 3.05) is 33.9 Å². The first-order valence-corrected chi connectivity index (χ1v) is 16.9. The van der Waals surface area contributed by atoms with Crippen LogP contribution < -0.4 is 29.6 Å². The molecule has 49 heavy (non-hydrogen) atoms. The van der Waals surface area contributed by atoms with Gasteiger partial charge in [0.25, 0.3) is 0 Å². The van der Waals surface area contributed by atoms with E-state index in [4.69, 9.17) is 29.2 Å². The van der Waals surface area contributed by atoms with Crippen molar-refractivity contribution in [3.05, 3.63) is 94.0 Å². The van der Waals surface area contributed by atoms with E-state index in [2.05, 4.69) is 57.0 Å². The lowest BCUT2D eigenvalue weighted by molar-refractivity contribution is -0.137. The molecule has 0 amide bonds. The summed E-state index contributed by atoms with van der Waals surface area (Å²) >= 11 is 0. The fourth-order valence-corrected chi connectivity index (χ4v) is 6.82. The van der Waals surface area contributed by atoms with Crippen molar-refractivity contribution in [3.8, 4) is 34.6 Å². The highest BCUT2D eigenvalue weighted by molar-refractivity contribution is 5.75. The first-order valence-electron chi connectivity index (χ1n) is 16.9. The molecule has 2 aromatic carbocycles. The minimum atomic E-state index is -0.795. The molecule has 0 saturated carbocycles. The lowest BCUT2D eigenvalue weighted by Gasteiger charge is -2.18. The number of hydrogen-bond donors (Lipinski definition) is 4. The van der Waals surface area contributed by atoms with Crippen LogP contribution in [0.1, 0.15) is 71.3 Å². The molecule has 0 radical (unpaired) electrons. The minimum Gasteiger partial charge on any atom is -0.481 e. The number of carbonyl (C=O) groups is 1. The number of aliphatic hydroxyl groups excluding tert-OH is 1. The molecule has 6 rings (SSSR count). The van der Waals surface area contributed by atoms with Gasteiger partial charge in [-0.3, -0.25) is 4.79 Å². The molecule has 11 heteroatoms. The van der Waals surface area contributed by atoms with Gasteiger partial charge in [0.05, 0.1) is 20.8 Å². The first kappa shape index (κ1) is 34.2. The highest BCUT2D eigenvalue weighted by atomic mass is 16.5. The maximum Gasteiger partial charge on any atom is 0.303 e. The zero-order valence-corrected chi connectivity index (χ0v) is 28.0. The van der Waals surface area contributed by atoms with Gasteiger partial charge in [-0.25, -0.2) is 0 Å². The number of pyridine rings is 2. The predicted octanol–water partition coefficient (Wildman–Crippen LogP) is 5.33. The summed E-state index contributed by atoms with van der Waals surface area (Å²) in [6, 6.07) is 20.6. The monoisotopic (exact) mass is 668 g/mol. The van der Waals surface area contributed by atoms with Crippen molar-refractivity contribution in [2.24, 2.45) is 0 Å². The Bertz CT molecular complexity index is 1760. The Kier molecular flexibility index (Phi) is 11.2. The van der Waals surface area contributed by atoms with E-state index in [1.54, 1.807) is 14.2 Å². The van der Waals surface area contributed by atoms with Crippen LogP contribution in [-0.2, 0) is 30.7 Å². The summed E-state index contributed by atoms with van der Waals surface area (Å²) < 4.78 is 24.0. The van der Waals surface area contributed by atoms with E-state index in [1.165, 1.54) is 33.4 Å². The molecule has 1 unspecified atom stereocenters. The molecule has 0 spiro atoms. The van der Waals surface area contributed by atoms with E-state index in [0.717, 1.165) is 36.8 Å². The molecule has 0 saturated heterocycles. The van der Waals surface area contributed by atoms with Crippen molar-refractivity contribution in [1.29, 1.82) is 0 Å². The number of benzene rings is 2. The molecule has 2 aliphatic carbocycles. The predicted molar refractivity (Wildman–Crippen MR) is 184 cm³/mol. The van der Waals surface area contributed by atoms with Crippen LogP contribution in [0.25, 0.3) is 11.1 Å². The summed E-state index contributed by atoms with van der Waals surface area (Å²) in [5, 5.41) is 24.3. The molecule has 2 aliphatic rings. The third-order valence-electron chi connectivity index (χ3n) is 9.12. The van der Waals surface area contributed by atoms with Gasteiger partial charge in [0.2, 0.25) is 23.5 Å². The third kappa shape index (κ3) is 7.96. The van der Waals surface area contributed by atoms with E-state index in [0.29, 0.717) is 56.1 Å². The number of aliphatic carboxylic acids is 1. The van der Waals surface area contributed by atoms with Crippen LogP contribution in [0.2, 0.25) is 0 Å². The molecule has 2 heterocycles. The fourth-order valence-electron chi connectivity index (χ4n) is 6.82. The number of nitrogens with zero attached hydrogens (tertiary/aromatic N) is 2. The Morgan fingerprint density at radius 1 is 0.755 bits per heavy atom. The van der Waals surface area contributed by atoms with Crippen molar-refractivity contribution in [1.82, 2.24) is 20.6 Å². The highest BCUT2D eigenvalue weighted by Crippen LogP contribution is 2.45. The Balaban J connectivity index is 1.15. The highest BCUT2D eigenvalue weighted by Gasteiger charge is 2.31. The van der Waals surface area contributed by atoms with Gasteiger partial charge in [0.15, 0.2) is 0 Å². The quantitative estimate of drug-likeness (QED) is 0.108. The maximum atomic E-state index is 10.8. The number of carboxylic acid groups (broad SMARTS) is 1. The molecule has 0 aliphatic heterocycles. The summed E-state index contributed by atoms with van der Waals surface area (Å²) in [7, 11) is 3.19. The topological polar surface area (TPSA) is 144 Å². The van der Waals surface area contributed by atoms with Crippen LogP contribution in [-0.4, -0.2) is 60.1 Å². The number of fused-ring (bicyclic) bond motifs is 2. The number of ether oxygens (including phenoxy) is 4. The van der Waals surface area contributed by atoms with Gasteiger partial charge >= 0.3 is 5.97 Å². The number of hydrogen-bond acceptors (Lipinski definition) is 10. The normalized spacial score (nSPS) is 16.2. The van der Waals surface area contributed by atoms with Gasteiger partial charge in [0, 0.05) is 49.3 Å². The number of methoxy groups -OCH3 is 2. The third-order valence-corrected chi connectivity index (χ3v) is 9.12. The largest absolute Gasteiger partial charge is 0.481 e.